The SMILES string of the molecule is CC(=O)OC[C@H]1OC(O)[C@H](OC(C)=O)[C@@H](OCc2ccccc2)[C@H]1OC(C)=O. The first kappa shape index (κ1) is 21.8. The van der Waals surface area contributed by atoms with E-state index in [9.17, 15) is 19.5 Å². The maximum atomic E-state index is 11.6. The zero-order valence-corrected chi connectivity index (χ0v) is 15.9. The van der Waals surface area contributed by atoms with Crippen molar-refractivity contribution in [3.8, 4) is 0 Å². The van der Waals surface area contributed by atoms with Crippen molar-refractivity contribution >= 4 is 17.9 Å². The van der Waals surface area contributed by atoms with Gasteiger partial charge in [0.2, 0.25) is 0 Å². The van der Waals surface area contributed by atoms with Gasteiger partial charge in [0, 0.05) is 20.8 Å². The van der Waals surface area contributed by atoms with Crippen LogP contribution in [0.3, 0.4) is 0 Å². The molecular weight excluding hydrogens is 372 g/mol. The molecule has 0 aliphatic carbocycles. The molecule has 1 N–H and O–H groups in total. The molecule has 9 nitrogen and oxygen atoms in total. The van der Waals surface area contributed by atoms with Crippen molar-refractivity contribution in [1.29, 1.82) is 0 Å². The van der Waals surface area contributed by atoms with Crippen LogP contribution in [0.15, 0.2) is 30.3 Å². The summed E-state index contributed by atoms with van der Waals surface area (Å²) in [5, 5.41) is 10.3. The van der Waals surface area contributed by atoms with Gasteiger partial charge >= 0.3 is 17.9 Å². The van der Waals surface area contributed by atoms with Gasteiger partial charge in [-0.05, 0) is 5.56 Å². The Hall–Kier alpha value is -2.49. The highest BCUT2D eigenvalue weighted by Crippen LogP contribution is 2.28. The number of aliphatic hydroxyl groups excluding tert-OH is 1. The molecular formula is C19H24O9. The predicted octanol–water partition coefficient (Wildman–Crippen LogP) is 0.715. The Morgan fingerprint density at radius 2 is 1.54 bits per heavy atom. The van der Waals surface area contributed by atoms with Crippen LogP contribution in [0.1, 0.15) is 26.3 Å². The van der Waals surface area contributed by atoms with Gasteiger partial charge in [-0.3, -0.25) is 14.4 Å². The third-order valence-electron chi connectivity index (χ3n) is 3.95. The van der Waals surface area contributed by atoms with Crippen LogP contribution in [0.4, 0.5) is 0 Å². The van der Waals surface area contributed by atoms with Crippen LogP contribution < -0.4 is 0 Å². The van der Waals surface area contributed by atoms with Gasteiger partial charge in [0.25, 0.3) is 0 Å². The van der Waals surface area contributed by atoms with E-state index in [2.05, 4.69) is 0 Å². The van der Waals surface area contributed by atoms with Crippen molar-refractivity contribution in [2.75, 3.05) is 6.61 Å². The Balaban J connectivity index is 2.26. The van der Waals surface area contributed by atoms with Crippen molar-refractivity contribution in [1.82, 2.24) is 0 Å². The predicted molar refractivity (Wildman–Crippen MR) is 93.6 cm³/mol. The second-order valence-electron chi connectivity index (χ2n) is 6.28. The Kier molecular flexibility index (Phi) is 7.91. The molecule has 0 radical (unpaired) electrons. The van der Waals surface area contributed by atoms with E-state index in [1.165, 1.54) is 20.8 Å². The number of carbonyl (C=O) groups excluding carboxylic acids is 3. The van der Waals surface area contributed by atoms with Gasteiger partial charge in [0.1, 0.15) is 18.8 Å². The number of rotatable bonds is 7. The summed E-state index contributed by atoms with van der Waals surface area (Å²) in [5.41, 5.74) is 0.822. The highest BCUT2D eigenvalue weighted by molar-refractivity contribution is 5.67. The molecule has 2 rings (SSSR count). The largest absolute Gasteiger partial charge is 0.463 e. The Morgan fingerprint density at radius 1 is 0.929 bits per heavy atom. The summed E-state index contributed by atoms with van der Waals surface area (Å²) in [6.45, 7) is 3.41. The van der Waals surface area contributed by atoms with Crippen molar-refractivity contribution in [3.05, 3.63) is 35.9 Å². The van der Waals surface area contributed by atoms with Crippen molar-refractivity contribution in [2.24, 2.45) is 0 Å². The first-order valence-electron chi connectivity index (χ1n) is 8.74. The molecule has 154 valence electrons. The minimum absolute atomic E-state index is 0.105. The summed E-state index contributed by atoms with van der Waals surface area (Å²) in [4.78, 5) is 34.2. The van der Waals surface area contributed by atoms with Crippen LogP contribution in [-0.4, -0.2) is 60.3 Å². The number of hydrogen-bond acceptors (Lipinski definition) is 9. The molecule has 1 fully saturated rings. The summed E-state index contributed by atoms with van der Waals surface area (Å²) in [6, 6.07) is 9.16. The van der Waals surface area contributed by atoms with Crippen LogP contribution in [0.5, 0.6) is 0 Å². The van der Waals surface area contributed by atoms with Crippen LogP contribution in [-0.2, 0) is 44.7 Å². The molecule has 0 spiro atoms. The third kappa shape index (κ3) is 6.29. The Labute approximate surface area is 162 Å². The van der Waals surface area contributed by atoms with Crippen molar-refractivity contribution in [3.63, 3.8) is 0 Å². The second-order valence-corrected chi connectivity index (χ2v) is 6.28. The smallest absolute Gasteiger partial charge is 0.303 e. The molecule has 0 amide bonds. The summed E-state index contributed by atoms with van der Waals surface area (Å²) in [5.74, 6) is -1.86. The van der Waals surface area contributed by atoms with E-state index in [0.717, 1.165) is 5.56 Å². The molecule has 0 aromatic heterocycles. The zero-order valence-electron chi connectivity index (χ0n) is 15.9. The average Bonchev–Trinajstić information content (AvgIpc) is 2.62. The van der Waals surface area contributed by atoms with Crippen LogP contribution >= 0.6 is 0 Å². The molecule has 1 saturated heterocycles. The van der Waals surface area contributed by atoms with Gasteiger partial charge in [-0.1, -0.05) is 30.3 Å². The van der Waals surface area contributed by atoms with E-state index in [1.807, 2.05) is 30.3 Å². The summed E-state index contributed by atoms with van der Waals surface area (Å²) in [6.07, 6.45) is -5.92. The minimum Gasteiger partial charge on any atom is -0.463 e. The molecule has 0 bridgehead atoms. The first-order valence-corrected chi connectivity index (χ1v) is 8.74. The normalized spacial score (nSPS) is 26.9. The monoisotopic (exact) mass is 396 g/mol. The number of aliphatic hydroxyl groups is 1. The molecule has 1 aromatic rings. The van der Waals surface area contributed by atoms with E-state index in [1.54, 1.807) is 0 Å². The fourth-order valence-electron chi connectivity index (χ4n) is 2.84. The third-order valence-corrected chi connectivity index (χ3v) is 3.95. The number of ether oxygens (including phenoxy) is 5. The lowest BCUT2D eigenvalue weighted by molar-refractivity contribution is -0.302. The molecule has 28 heavy (non-hydrogen) atoms. The molecule has 9 heteroatoms. The van der Waals surface area contributed by atoms with Gasteiger partial charge in [0.15, 0.2) is 18.5 Å². The van der Waals surface area contributed by atoms with E-state index < -0.39 is 48.6 Å². The average molecular weight is 396 g/mol. The van der Waals surface area contributed by atoms with E-state index in [-0.39, 0.29) is 13.2 Å². The fraction of sp³-hybridized carbons (Fsp3) is 0.526. The quantitative estimate of drug-likeness (QED) is 0.525. The molecule has 1 aliphatic rings. The van der Waals surface area contributed by atoms with Crippen molar-refractivity contribution < 1.29 is 43.2 Å². The summed E-state index contributed by atoms with van der Waals surface area (Å²) < 4.78 is 26.7. The molecule has 1 aliphatic heterocycles. The zero-order chi connectivity index (χ0) is 20.7. The number of hydrogen-bond donors (Lipinski definition) is 1. The van der Waals surface area contributed by atoms with Gasteiger partial charge in [-0.15, -0.1) is 0 Å². The van der Waals surface area contributed by atoms with Crippen LogP contribution in [0.2, 0.25) is 0 Å². The molecule has 1 heterocycles. The van der Waals surface area contributed by atoms with E-state index in [4.69, 9.17) is 23.7 Å². The number of benzene rings is 1. The molecule has 0 saturated carbocycles. The van der Waals surface area contributed by atoms with Crippen LogP contribution in [0.25, 0.3) is 0 Å². The van der Waals surface area contributed by atoms with Gasteiger partial charge in [0.05, 0.1) is 6.61 Å². The summed E-state index contributed by atoms with van der Waals surface area (Å²) in [7, 11) is 0. The first-order chi connectivity index (χ1) is 13.3. The van der Waals surface area contributed by atoms with Gasteiger partial charge in [-0.2, -0.15) is 0 Å². The van der Waals surface area contributed by atoms with Crippen LogP contribution in [0, 0.1) is 0 Å². The molecule has 1 aromatic carbocycles. The minimum atomic E-state index is -1.56. The highest BCUT2D eigenvalue weighted by Gasteiger charge is 2.50. The maximum absolute atomic E-state index is 11.6. The lowest BCUT2D eigenvalue weighted by Gasteiger charge is -2.43. The number of carbonyl (C=O) groups is 3. The second kappa shape index (κ2) is 10.2. The summed E-state index contributed by atoms with van der Waals surface area (Å²) >= 11 is 0. The Bertz CT molecular complexity index is 675. The Morgan fingerprint density at radius 3 is 2.11 bits per heavy atom. The topological polar surface area (TPSA) is 118 Å². The highest BCUT2D eigenvalue weighted by atomic mass is 16.7. The van der Waals surface area contributed by atoms with Gasteiger partial charge < -0.3 is 28.8 Å². The standard InChI is InChI=1S/C19H24O9/c1-11(20)24-10-15-16(26-12(2)21)17(18(19(23)28-15)27-13(3)22)25-9-14-7-5-4-6-8-14/h4-8,15-19,23H,9-10H2,1-3H3/t15-,16+,17+,18-,19?/m1/s1. The number of esters is 3. The lowest BCUT2D eigenvalue weighted by Crippen LogP contribution is -2.62. The fourth-order valence-corrected chi connectivity index (χ4v) is 2.84. The maximum Gasteiger partial charge on any atom is 0.303 e. The molecule has 1 unspecified atom stereocenters. The van der Waals surface area contributed by atoms with E-state index in [0.29, 0.717) is 0 Å². The van der Waals surface area contributed by atoms with Gasteiger partial charge in [-0.25, -0.2) is 0 Å². The van der Waals surface area contributed by atoms with E-state index >= 15 is 0 Å². The molecule has 5 atom stereocenters. The lowest BCUT2D eigenvalue weighted by atomic mass is 9.98. The van der Waals surface area contributed by atoms with Crippen molar-refractivity contribution in [2.45, 2.75) is 58.1 Å².